The number of aromatic nitrogens is 1. The highest BCUT2D eigenvalue weighted by atomic mass is 32.2. The average molecular weight is 393 g/mol. The van der Waals surface area contributed by atoms with Crippen molar-refractivity contribution in [3.05, 3.63) is 70.3 Å². The van der Waals surface area contributed by atoms with Gasteiger partial charge in [0.05, 0.1) is 10.6 Å². The number of anilines is 1. The fraction of sp³-hybridized carbons (Fsp3) is 0.182. The van der Waals surface area contributed by atoms with Gasteiger partial charge in [0.25, 0.3) is 5.91 Å². The van der Waals surface area contributed by atoms with E-state index in [1.807, 2.05) is 43.3 Å². The van der Waals surface area contributed by atoms with Crippen molar-refractivity contribution in [3.8, 4) is 0 Å². The zero-order chi connectivity index (χ0) is 19.1. The summed E-state index contributed by atoms with van der Waals surface area (Å²) < 4.78 is 2.78. The van der Waals surface area contributed by atoms with Crippen LogP contribution in [0.3, 0.4) is 0 Å². The average Bonchev–Trinajstić information content (AvgIpc) is 3.15. The zero-order valence-electron chi connectivity index (χ0n) is 15.5. The monoisotopic (exact) mass is 392 g/mol. The largest absolute Gasteiger partial charge is 0.347 e. The van der Waals surface area contributed by atoms with Crippen molar-refractivity contribution in [2.45, 2.75) is 27.3 Å². The van der Waals surface area contributed by atoms with E-state index in [4.69, 9.17) is 12.2 Å². The number of para-hydroxylation sites is 1. The Kier molecular flexibility index (Phi) is 4.66. The van der Waals surface area contributed by atoms with Crippen LogP contribution in [-0.4, -0.2) is 14.8 Å². The predicted octanol–water partition coefficient (Wildman–Crippen LogP) is 5.68. The molecule has 1 amide bonds. The molecule has 0 N–H and O–H groups in total. The molecule has 2 heterocycles. The normalized spacial score (nSPS) is 16.1. The van der Waals surface area contributed by atoms with Gasteiger partial charge < -0.3 is 4.57 Å². The summed E-state index contributed by atoms with van der Waals surface area (Å²) in [5.41, 5.74) is 5.41. The molecule has 1 fully saturated rings. The lowest BCUT2D eigenvalue weighted by Crippen LogP contribution is -2.27. The Morgan fingerprint density at radius 2 is 1.89 bits per heavy atom. The number of aryl methyl sites for hydroxylation is 3. The van der Waals surface area contributed by atoms with E-state index in [1.165, 1.54) is 22.8 Å². The SMILES string of the molecule is CCn1cc(/C=C2\SC(=S)N(c3ccc(C)c(C)c3)C2=O)c2ccccc21. The molecule has 136 valence electrons. The van der Waals surface area contributed by atoms with Gasteiger partial charge in [-0.15, -0.1) is 0 Å². The van der Waals surface area contributed by atoms with E-state index < -0.39 is 0 Å². The lowest BCUT2D eigenvalue weighted by molar-refractivity contribution is -0.113. The molecule has 0 spiro atoms. The summed E-state index contributed by atoms with van der Waals surface area (Å²) in [5.74, 6) is -0.0541. The van der Waals surface area contributed by atoms with E-state index >= 15 is 0 Å². The van der Waals surface area contributed by atoms with Crippen molar-refractivity contribution in [1.29, 1.82) is 0 Å². The molecule has 1 aromatic heterocycles. The molecule has 0 bridgehead atoms. The van der Waals surface area contributed by atoms with E-state index in [0.29, 0.717) is 9.23 Å². The van der Waals surface area contributed by atoms with Crippen molar-refractivity contribution in [3.63, 3.8) is 0 Å². The van der Waals surface area contributed by atoms with Crippen LogP contribution in [0.25, 0.3) is 17.0 Å². The number of thioether (sulfide) groups is 1. The lowest BCUT2D eigenvalue weighted by atomic mass is 10.1. The molecular formula is C22H20N2OS2. The summed E-state index contributed by atoms with van der Waals surface area (Å²) >= 11 is 6.88. The molecule has 0 unspecified atom stereocenters. The predicted molar refractivity (Wildman–Crippen MR) is 119 cm³/mol. The number of carbonyl (C=O) groups is 1. The smallest absolute Gasteiger partial charge is 0.270 e. The van der Waals surface area contributed by atoms with Crippen molar-refractivity contribution < 1.29 is 4.79 Å². The highest BCUT2D eigenvalue weighted by Crippen LogP contribution is 2.37. The number of benzene rings is 2. The van der Waals surface area contributed by atoms with Gasteiger partial charge >= 0.3 is 0 Å². The molecule has 2 aromatic carbocycles. The Balaban J connectivity index is 1.75. The van der Waals surface area contributed by atoms with Crippen LogP contribution < -0.4 is 4.90 Å². The van der Waals surface area contributed by atoms with Gasteiger partial charge in [-0.05, 0) is 56.2 Å². The Morgan fingerprint density at radius 3 is 2.63 bits per heavy atom. The van der Waals surface area contributed by atoms with Gasteiger partial charge in [0.15, 0.2) is 4.32 Å². The first kappa shape index (κ1) is 18.0. The van der Waals surface area contributed by atoms with Crippen LogP contribution in [0.4, 0.5) is 5.69 Å². The Hall–Kier alpha value is -2.37. The Morgan fingerprint density at radius 1 is 1.11 bits per heavy atom. The van der Waals surface area contributed by atoms with E-state index in [9.17, 15) is 4.79 Å². The molecule has 27 heavy (non-hydrogen) atoms. The van der Waals surface area contributed by atoms with E-state index in [2.05, 4.69) is 36.7 Å². The number of fused-ring (bicyclic) bond motifs is 1. The first-order valence-corrected chi connectivity index (χ1v) is 10.1. The van der Waals surface area contributed by atoms with Crippen LogP contribution >= 0.6 is 24.0 Å². The molecule has 3 aromatic rings. The molecule has 0 saturated carbocycles. The third kappa shape index (κ3) is 3.11. The number of hydrogen-bond acceptors (Lipinski definition) is 3. The second kappa shape index (κ2) is 6.98. The molecule has 3 nitrogen and oxygen atoms in total. The van der Waals surface area contributed by atoms with Crippen LogP contribution in [0, 0.1) is 13.8 Å². The number of thiocarbonyl (C=S) groups is 1. The number of rotatable bonds is 3. The summed E-state index contributed by atoms with van der Waals surface area (Å²) in [6, 6.07) is 14.3. The second-order valence-corrected chi connectivity index (χ2v) is 8.35. The van der Waals surface area contributed by atoms with Crippen molar-refractivity contribution in [2.24, 2.45) is 0 Å². The van der Waals surface area contributed by atoms with Gasteiger partial charge in [-0.25, -0.2) is 0 Å². The highest BCUT2D eigenvalue weighted by molar-refractivity contribution is 8.27. The maximum absolute atomic E-state index is 13.1. The molecule has 0 atom stereocenters. The van der Waals surface area contributed by atoms with Crippen LogP contribution in [0.1, 0.15) is 23.6 Å². The molecule has 5 heteroatoms. The fourth-order valence-electron chi connectivity index (χ4n) is 3.35. The number of amides is 1. The van der Waals surface area contributed by atoms with Crippen molar-refractivity contribution in [2.75, 3.05) is 4.90 Å². The van der Waals surface area contributed by atoms with Gasteiger partial charge in [0.2, 0.25) is 0 Å². The maximum Gasteiger partial charge on any atom is 0.270 e. The van der Waals surface area contributed by atoms with E-state index in [0.717, 1.165) is 28.7 Å². The summed E-state index contributed by atoms with van der Waals surface area (Å²) in [7, 11) is 0. The molecule has 0 radical (unpaired) electrons. The molecule has 4 rings (SSSR count). The van der Waals surface area contributed by atoms with Crippen LogP contribution in [0.15, 0.2) is 53.6 Å². The van der Waals surface area contributed by atoms with Crippen molar-refractivity contribution >= 4 is 56.9 Å². The first-order chi connectivity index (χ1) is 13.0. The summed E-state index contributed by atoms with van der Waals surface area (Å²) in [6.45, 7) is 7.12. The quantitative estimate of drug-likeness (QED) is 0.423. The topological polar surface area (TPSA) is 25.2 Å². The lowest BCUT2D eigenvalue weighted by Gasteiger charge is -2.15. The Bertz CT molecular complexity index is 1110. The van der Waals surface area contributed by atoms with Crippen LogP contribution in [-0.2, 0) is 11.3 Å². The zero-order valence-corrected chi connectivity index (χ0v) is 17.2. The molecular weight excluding hydrogens is 372 g/mol. The molecule has 0 aliphatic carbocycles. The maximum atomic E-state index is 13.1. The van der Waals surface area contributed by atoms with Crippen molar-refractivity contribution in [1.82, 2.24) is 4.57 Å². The number of carbonyl (C=O) groups excluding carboxylic acids is 1. The van der Waals surface area contributed by atoms with Crippen LogP contribution in [0.5, 0.6) is 0 Å². The van der Waals surface area contributed by atoms with E-state index in [-0.39, 0.29) is 5.91 Å². The standard InChI is InChI=1S/C22H20N2OS2/c1-4-23-13-16(18-7-5-6-8-19(18)23)12-20-21(25)24(22(26)27-20)17-10-9-14(2)15(3)11-17/h5-13H,4H2,1-3H3/b20-12-. The second-order valence-electron chi connectivity index (χ2n) is 6.67. The van der Waals surface area contributed by atoms with Gasteiger partial charge in [-0.3, -0.25) is 9.69 Å². The van der Waals surface area contributed by atoms with Gasteiger partial charge in [0.1, 0.15) is 0 Å². The summed E-state index contributed by atoms with van der Waals surface area (Å²) in [5, 5.41) is 1.15. The van der Waals surface area contributed by atoms with Crippen LogP contribution in [0.2, 0.25) is 0 Å². The fourth-order valence-corrected chi connectivity index (χ4v) is 4.64. The first-order valence-electron chi connectivity index (χ1n) is 8.92. The Labute approximate surface area is 168 Å². The number of nitrogens with zero attached hydrogens (tertiary/aromatic N) is 2. The van der Waals surface area contributed by atoms with Gasteiger partial charge in [0, 0.05) is 29.2 Å². The minimum Gasteiger partial charge on any atom is -0.347 e. The third-order valence-electron chi connectivity index (χ3n) is 4.99. The van der Waals surface area contributed by atoms with E-state index in [1.54, 1.807) is 4.90 Å². The summed E-state index contributed by atoms with van der Waals surface area (Å²) in [6.07, 6.45) is 4.07. The minimum absolute atomic E-state index is 0.0541. The van der Waals surface area contributed by atoms with Gasteiger partial charge in [-0.2, -0.15) is 0 Å². The van der Waals surface area contributed by atoms with Gasteiger partial charge in [-0.1, -0.05) is 48.2 Å². The molecule has 1 saturated heterocycles. The number of hydrogen-bond donors (Lipinski definition) is 0. The third-order valence-corrected chi connectivity index (χ3v) is 6.29. The minimum atomic E-state index is -0.0541. The molecule has 1 aliphatic heterocycles. The summed E-state index contributed by atoms with van der Waals surface area (Å²) in [4.78, 5) is 15.4. The molecule has 1 aliphatic rings. The highest BCUT2D eigenvalue weighted by Gasteiger charge is 2.33.